The molecule has 1 atom stereocenters. The zero-order valence-corrected chi connectivity index (χ0v) is 12.4. The smallest absolute Gasteiger partial charge is 0.271 e. The Bertz CT molecular complexity index is 661. The largest absolute Gasteiger partial charge is 0.319 e. The summed E-state index contributed by atoms with van der Waals surface area (Å²) in [6.07, 6.45) is 2.38. The Morgan fingerprint density at radius 3 is 3.00 bits per heavy atom. The van der Waals surface area contributed by atoms with E-state index in [1.165, 1.54) is 12.8 Å². The molecular weight excluding hydrogens is 264 g/mol. The van der Waals surface area contributed by atoms with Crippen molar-refractivity contribution in [3.63, 3.8) is 0 Å². The molecule has 1 aromatic heterocycles. The first-order chi connectivity index (χ1) is 10.3. The van der Waals surface area contributed by atoms with E-state index in [2.05, 4.69) is 27.1 Å². The highest BCUT2D eigenvalue weighted by molar-refractivity contribution is 5.73. The monoisotopic (exact) mass is 286 g/mol. The maximum Gasteiger partial charge on any atom is 0.271 e. The molecule has 3 rings (SSSR count). The van der Waals surface area contributed by atoms with Crippen molar-refractivity contribution >= 4 is 11.0 Å². The van der Waals surface area contributed by atoms with Crippen LogP contribution in [0.2, 0.25) is 0 Å². The topological polar surface area (TPSA) is 61.0 Å². The van der Waals surface area contributed by atoms with E-state index in [9.17, 15) is 4.79 Å². The first kappa shape index (κ1) is 14.2. The molecule has 0 saturated carbocycles. The molecule has 1 fully saturated rings. The molecule has 1 aliphatic rings. The van der Waals surface area contributed by atoms with Crippen LogP contribution in [0, 0.1) is 0 Å². The third-order valence-electron chi connectivity index (χ3n) is 4.22. The van der Waals surface area contributed by atoms with Gasteiger partial charge in [-0.15, -0.1) is 0 Å². The highest BCUT2D eigenvalue weighted by Gasteiger charge is 2.21. The molecule has 1 aromatic carbocycles. The summed E-state index contributed by atoms with van der Waals surface area (Å²) >= 11 is 0. The Kier molecular flexibility index (Phi) is 4.31. The van der Waals surface area contributed by atoms with Crippen molar-refractivity contribution in [2.45, 2.75) is 32.4 Å². The second-order valence-electron chi connectivity index (χ2n) is 5.59. The van der Waals surface area contributed by atoms with Crippen LogP contribution in [0.4, 0.5) is 0 Å². The van der Waals surface area contributed by atoms with Gasteiger partial charge in [0, 0.05) is 19.1 Å². The minimum absolute atomic E-state index is 0.0732. The van der Waals surface area contributed by atoms with Gasteiger partial charge in [0.2, 0.25) is 0 Å². The van der Waals surface area contributed by atoms with Gasteiger partial charge in [0.05, 0.1) is 11.0 Å². The van der Waals surface area contributed by atoms with Crippen molar-refractivity contribution in [1.82, 2.24) is 20.2 Å². The molecule has 2 heterocycles. The van der Waals surface area contributed by atoms with Gasteiger partial charge in [0.1, 0.15) is 5.69 Å². The summed E-state index contributed by atoms with van der Waals surface area (Å²) in [5.74, 6) is 0. The SMILES string of the molecule is CCN(Cc1nc2ccccc2[nH]c1=O)C1CCCNC1. The Balaban J connectivity index is 1.85. The summed E-state index contributed by atoms with van der Waals surface area (Å²) in [4.78, 5) is 22.0. The molecule has 0 aliphatic carbocycles. The van der Waals surface area contributed by atoms with Gasteiger partial charge in [0.25, 0.3) is 5.56 Å². The first-order valence-corrected chi connectivity index (χ1v) is 7.70. The van der Waals surface area contributed by atoms with Crippen molar-refractivity contribution in [3.05, 3.63) is 40.3 Å². The number of nitrogens with zero attached hydrogens (tertiary/aromatic N) is 2. The predicted octanol–water partition coefficient (Wildman–Crippen LogP) is 1.50. The number of nitrogens with one attached hydrogen (secondary N) is 2. The summed E-state index contributed by atoms with van der Waals surface area (Å²) in [6, 6.07) is 8.17. The quantitative estimate of drug-likeness (QED) is 0.894. The van der Waals surface area contributed by atoms with Gasteiger partial charge in [-0.3, -0.25) is 9.69 Å². The van der Waals surface area contributed by atoms with Gasteiger partial charge in [-0.05, 0) is 38.1 Å². The van der Waals surface area contributed by atoms with Gasteiger partial charge in [-0.25, -0.2) is 4.98 Å². The van der Waals surface area contributed by atoms with E-state index in [0.29, 0.717) is 18.3 Å². The Hall–Kier alpha value is -1.72. The number of para-hydroxylation sites is 2. The number of piperidine rings is 1. The molecule has 5 heteroatoms. The second-order valence-corrected chi connectivity index (χ2v) is 5.59. The van der Waals surface area contributed by atoms with E-state index in [-0.39, 0.29) is 5.56 Å². The van der Waals surface area contributed by atoms with Crippen LogP contribution in [0.15, 0.2) is 29.1 Å². The van der Waals surface area contributed by atoms with Crippen LogP contribution in [0.25, 0.3) is 11.0 Å². The molecule has 21 heavy (non-hydrogen) atoms. The number of benzene rings is 1. The van der Waals surface area contributed by atoms with Crippen LogP contribution >= 0.6 is 0 Å². The third-order valence-corrected chi connectivity index (χ3v) is 4.22. The molecule has 0 spiro atoms. The predicted molar refractivity (Wildman–Crippen MR) is 84.3 cm³/mol. The maximum atomic E-state index is 12.2. The summed E-state index contributed by atoms with van der Waals surface area (Å²) in [7, 11) is 0. The Morgan fingerprint density at radius 1 is 1.38 bits per heavy atom. The Labute approximate surface area is 124 Å². The minimum Gasteiger partial charge on any atom is -0.319 e. The van der Waals surface area contributed by atoms with Gasteiger partial charge >= 0.3 is 0 Å². The molecule has 1 saturated heterocycles. The molecular formula is C16H22N4O. The van der Waals surface area contributed by atoms with Crippen LogP contribution < -0.4 is 10.9 Å². The number of likely N-dealkylation sites (N-methyl/N-ethyl adjacent to an activating group) is 1. The molecule has 0 amide bonds. The van der Waals surface area contributed by atoms with Gasteiger partial charge in [-0.1, -0.05) is 19.1 Å². The first-order valence-electron chi connectivity index (χ1n) is 7.70. The van der Waals surface area contributed by atoms with E-state index in [0.717, 1.165) is 30.7 Å². The number of hydrogen-bond acceptors (Lipinski definition) is 4. The van der Waals surface area contributed by atoms with Crippen molar-refractivity contribution < 1.29 is 0 Å². The standard InChI is InChI=1S/C16H22N4O/c1-2-20(12-6-5-9-17-10-12)11-15-16(21)19-14-8-4-3-7-13(14)18-15/h3-4,7-8,12,17H,2,5-6,9-11H2,1H3,(H,19,21). The Morgan fingerprint density at radius 2 is 2.24 bits per heavy atom. The van der Waals surface area contributed by atoms with Crippen LogP contribution in [-0.2, 0) is 6.54 Å². The minimum atomic E-state index is -0.0732. The summed E-state index contributed by atoms with van der Waals surface area (Å²) in [5.41, 5.74) is 2.19. The lowest BCUT2D eigenvalue weighted by Crippen LogP contribution is -2.46. The van der Waals surface area contributed by atoms with E-state index in [4.69, 9.17) is 0 Å². The lowest BCUT2D eigenvalue weighted by molar-refractivity contribution is 0.164. The molecule has 0 bridgehead atoms. The molecule has 1 unspecified atom stereocenters. The van der Waals surface area contributed by atoms with Crippen LogP contribution in [0.1, 0.15) is 25.5 Å². The van der Waals surface area contributed by atoms with Crippen molar-refractivity contribution in [2.75, 3.05) is 19.6 Å². The number of hydrogen-bond donors (Lipinski definition) is 2. The molecule has 2 N–H and O–H groups in total. The fraction of sp³-hybridized carbons (Fsp3) is 0.500. The zero-order valence-electron chi connectivity index (χ0n) is 12.4. The van der Waals surface area contributed by atoms with Crippen molar-refractivity contribution in [2.24, 2.45) is 0 Å². The molecule has 2 aromatic rings. The fourth-order valence-electron chi connectivity index (χ4n) is 3.01. The van der Waals surface area contributed by atoms with E-state index < -0.39 is 0 Å². The normalized spacial score (nSPS) is 19.2. The van der Waals surface area contributed by atoms with E-state index in [1.54, 1.807) is 0 Å². The van der Waals surface area contributed by atoms with Crippen LogP contribution in [-0.4, -0.2) is 40.5 Å². The summed E-state index contributed by atoms with van der Waals surface area (Å²) in [6.45, 7) is 5.79. The second kappa shape index (κ2) is 6.37. The number of rotatable bonds is 4. The fourth-order valence-corrected chi connectivity index (χ4v) is 3.01. The van der Waals surface area contributed by atoms with Gasteiger partial charge in [0.15, 0.2) is 0 Å². The van der Waals surface area contributed by atoms with Gasteiger partial charge < -0.3 is 10.3 Å². The molecule has 0 radical (unpaired) electrons. The van der Waals surface area contributed by atoms with Crippen molar-refractivity contribution in [3.8, 4) is 0 Å². The zero-order chi connectivity index (χ0) is 14.7. The van der Waals surface area contributed by atoms with Crippen molar-refractivity contribution in [1.29, 1.82) is 0 Å². The average molecular weight is 286 g/mol. The van der Waals surface area contributed by atoms with E-state index in [1.807, 2.05) is 24.3 Å². The average Bonchev–Trinajstić information content (AvgIpc) is 2.53. The number of fused-ring (bicyclic) bond motifs is 1. The molecule has 5 nitrogen and oxygen atoms in total. The lowest BCUT2D eigenvalue weighted by atomic mass is 10.1. The summed E-state index contributed by atoms with van der Waals surface area (Å²) in [5, 5.41) is 3.43. The highest BCUT2D eigenvalue weighted by atomic mass is 16.1. The lowest BCUT2D eigenvalue weighted by Gasteiger charge is -2.33. The van der Waals surface area contributed by atoms with Gasteiger partial charge in [-0.2, -0.15) is 0 Å². The number of H-pyrrole nitrogens is 1. The number of aromatic nitrogens is 2. The van der Waals surface area contributed by atoms with E-state index >= 15 is 0 Å². The maximum absolute atomic E-state index is 12.2. The summed E-state index contributed by atoms with van der Waals surface area (Å²) < 4.78 is 0. The van der Waals surface area contributed by atoms with Crippen LogP contribution in [0.3, 0.4) is 0 Å². The third kappa shape index (κ3) is 3.14. The van der Waals surface area contributed by atoms with Crippen LogP contribution in [0.5, 0.6) is 0 Å². The number of aromatic amines is 1. The highest BCUT2D eigenvalue weighted by Crippen LogP contribution is 2.13. The molecule has 112 valence electrons. The molecule has 1 aliphatic heterocycles.